The predicted octanol–water partition coefficient (Wildman–Crippen LogP) is 1.11. The lowest BCUT2D eigenvalue weighted by Crippen LogP contribution is -2.30. The van der Waals surface area contributed by atoms with E-state index >= 15 is 0 Å². The topological polar surface area (TPSA) is 81.7 Å². The molecule has 0 spiro atoms. The van der Waals surface area contributed by atoms with E-state index in [1.54, 1.807) is 0 Å². The second-order valence-corrected chi connectivity index (χ2v) is 4.86. The van der Waals surface area contributed by atoms with Crippen molar-refractivity contribution in [2.45, 2.75) is 25.5 Å². The predicted molar refractivity (Wildman–Crippen MR) is 77.5 cm³/mol. The largest absolute Gasteiger partial charge is 0.460 e. The zero-order chi connectivity index (χ0) is 15.8. The lowest BCUT2D eigenvalue weighted by Gasteiger charge is -2.08. The zero-order valence-electron chi connectivity index (χ0n) is 12.0. The van der Waals surface area contributed by atoms with Gasteiger partial charge in [0.05, 0.1) is 6.04 Å². The summed E-state index contributed by atoms with van der Waals surface area (Å²) in [7, 11) is 0. The molecule has 1 aliphatic rings. The van der Waals surface area contributed by atoms with Crippen LogP contribution in [0.5, 0.6) is 0 Å². The minimum Gasteiger partial charge on any atom is -0.460 e. The Morgan fingerprint density at radius 3 is 2.45 bits per heavy atom. The second kappa shape index (κ2) is 7.97. The van der Waals surface area contributed by atoms with Gasteiger partial charge >= 0.3 is 11.9 Å². The Balaban J connectivity index is 1.66. The molecule has 1 amide bonds. The van der Waals surface area contributed by atoms with Crippen LogP contribution in [0, 0.1) is 0 Å². The Kier molecular flexibility index (Phi) is 5.71. The average molecular weight is 303 g/mol. The van der Waals surface area contributed by atoms with Gasteiger partial charge < -0.3 is 14.8 Å². The highest BCUT2D eigenvalue weighted by Gasteiger charge is 2.21. The van der Waals surface area contributed by atoms with Crippen molar-refractivity contribution < 1.29 is 23.9 Å². The highest BCUT2D eigenvalue weighted by atomic mass is 16.5. The first-order valence-electron chi connectivity index (χ1n) is 6.98. The molecule has 1 unspecified atom stereocenters. The molecule has 1 aromatic carbocycles. The van der Waals surface area contributed by atoms with E-state index in [4.69, 9.17) is 9.47 Å². The maximum absolute atomic E-state index is 11.5. The number of esters is 2. The van der Waals surface area contributed by atoms with Gasteiger partial charge in [0.15, 0.2) is 0 Å². The van der Waals surface area contributed by atoms with Gasteiger partial charge in [0.25, 0.3) is 0 Å². The third kappa shape index (κ3) is 5.40. The van der Waals surface area contributed by atoms with Gasteiger partial charge in [-0.25, -0.2) is 9.59 Å². The van der Waals surface area contributed by atoms with Crippen LogP contribution < -0.4 is 5.32 Å². The van der Waals surface area contributed by atoms with E-state index in [2.05, 4.69) is 5.32 Å². The van der Waals surface area contributed by atoms with Crippen LogP contribution in [-0.2, 0) is 30.5 Å². The monoisotopic (exact) mass is 303 g/mol. The molecule has 0 bridgehead atoms. The van der Waals surface area contributed by atoms with E-state index in [-0.39, 0.29) is 25.2 Å². The number of hydrogen-bond donors (Lipinski definition) is 1. The van der Waals surface area contributed by atoms with Crippen LogP contribution in [0.25, 0.3) is 0 Å². The molecule has 1 aromatic rings. The van der Waals surface area contributed by atoms with Gasteiger partial charge in [0, 0.05) is 18.6 Å². The van der Waals surface area contributed by atoms with Crippen LogP contribution in [0.3, 0.4) is 0 Å². The Labute approximate surface area is 128 Å². The minimum absolute atomic E-state index is 0.0407. The Bertz CT molecular complexity index is 567. The quantitative estimate of drug-likeness (QED) is 0.629. The van der Waals surface area contributed by atoms with E-state index < -0.39 is 11.9 Å². The van der Waals surface area contributed by atoms with Crippen LogP contribution >= 0.6 is 0 Å². The molecular weight excluding hydrogens is 286 g/mol. The van der Waals surface area contributed by atoms with Crippen molar-refractivity contribution in [1.29, 1.82) is 0 Å². The summed E-state index contributed by atoms with van der Waals surface area (Å²) < 4.78 is 9.92. The van der Waals surface area contributed by atoms with Crippen LogP contribution in [0.15, 0.2) is 42.5 Å². The highest BCUT2D eigenvalue weighted by Crippen LogP contribution is 2.06. The van der Waals surface area contributed by atoms with E-state index in [0.29, 0.717) is 12.8 Å². The number of benzene rings is 1. The van der Waals surface area contributed by atoms with Crippen LogP contribution in [0.4, 0.5) is 0 Å². The fourth-order valence-corrected chi connectivity index (χ4v) is 1.95. The van der Waals surface area contributed by atoms with E-state index in [1.807, 2.05) is 30.3 Å². The molecule has 2 rings (SSSR count). The van der Waals surface area contributed by atoms with Crippen LogP contribution in [-0.4, -0.2) is 30.5 Å². The van der Waals surface area contributed by atoms with Gasteiger partial charge in [-0.3, -0.25) is 4.79 Å². The summed E-state index contributed by atoms with van der Waals surface area (Å²) in [6.07, 6.45) is 3.14. The number of amides is 1. The molecule has 0 aliphatic carbocycles. The fraction of sp³-hybridized carbons (Fsp3) is 0.312. The second-order valence-electron chi connectivity index (χ2n) is 4.86. The van der Waals surface area contributed by atoms with Crippen molar-refractivity contribution in [3.63, 3.8) is 0 Å². The van der Waals surface area contributed by atoms with Crippen molar-refractivity contribution >= 4 is 17.8 Å². The van der Waals surface area contributed by atoms with Crippen molar-refractivity contribution in [2.75, 3.05) is 6.61 Å². The van der Waals surface area contributed by atoms with Crippen molar-refractivity contribution in [2.24, 2.45) is 0 Å². The summed E-state index contributed by atoms with van der Waals surface area (Å²) in [5.41, 5.74) is 0.865. The molecule has 116 valence electrons. The number of nitrogens with one attached hydrogen (secondary N) is 1. The maximum atomic E-state index is 11.5. The molecule has 22 heavy (non-hydrogen) atoms. The number of hydrogen-bond acceptors (Lipinski definition) is 5. The van der Waals surface area contributed by atoms with Crippen LogP contribution in [0.2, 0.25) is 0 Å². The maximum Gasteiger partial charge on any atom is 0.331 e. The summed E-state index contributed by atoms with van der Waals surface area (Å²) in [5, 5.41) is 2.68. The van der Waals surface area contributed by atoms with Gasteiger partial charge in [-0.1, -0.05) is 30.3 Å². The average Bonchev–Trinajstić information content (AvgIpc) is 2.95. The number of ether oxygens (including phenoxy) is 2. The van der Waals surface area contributed by atoms with Gasteiger partial charge in [-0.15, -0.1) is 0 Å². The Morgan fingerprint density at radius 1 is 1.14 bits per heavy atom. The lowest BCUT2D eigenvalue weighted by molar-refractivity contribution is -0.141. The number of rotatable bonds is 6. The summed E-state index contributed by atoms with van der Waals surface area (Å²) in [4.78, 5) is 33.9. The summed E-state index contributed by atoms with van der Waals surface area (Å²) in [6, 6.07) is 9.09. The summed E-state index contributed by atoms with van der Waals surface area (Å²) in [6.45, 7) is 0.251. The molecule has 6 heteroatoms. The smallest absolute Gasteiger partial charge is 0.331 e. The first-order chi connectivity index (χ1) is 10.6. The summed E-state index contributed by atoms with van der Waals surface area (Å²) in [5.74, 6) is -1.30. The number of carbonyl (C=O) groups excluding carboxylic acids is 3. The molecule has 1 heterocycles. The molecule has 0 aromatic heterocycles. The first kappa shape index (κ1) is 15.8. The molecule has 1 atom stereocenters. The standard InChI is InChI=1S/C16H17NO5/c18-14-7-6-13(17-14)11-22-16(20)9-8-15(19)21-10-12-4-2-1-3-5-12/h1-5,8-9,13H,6-7,10-11H2,(H,17,18)/b9-8+. The molecule has 1 saturated heterocycles. The molecule has 0 radical (unpaired) electrons. The molecule has 1 N–H and O–H groups in total. The van der Waals surface area contributed by atoms with Crippen molar-refractivity contribution in [3.8, 4) is 0 Å². The minimum atomic E-state index is -0.641. The number of carbonyl (C=O) groups is 3. The van der Waals surface area contributed by atoms with Gasteiger partial charge in [-0.2, -0.15) is 0 Å². The van der Waals surface area contributed by atoms with E-state index in [0.717, 1.165) is 17.7 Å². The lowest BCUT2D eigenvalue weighted by atomic mass is 10.2. The SMILES string of the molecule is O=C1CCC(COC(=O)/C=C/C(=O)OCc2ccccc2)N1. The molecule has 0 saturated carbocycles. The van der Waals surface area contributed by atoms with Crippen molar-refractivity contribution in [3.05, 3.63) is 48.0 Å². The van der Waals surface area contributed by atoms with Crippen LogP contribution in [0.1, 0.15) is 18.4 Å². The van der Waals surface area contributed by atoms with Gasteiger partial charge in [0.2, 0.25) is 5.91 Å². The Morgan fingerprint density at radius 2 is 1.82 bits per heavy atom. The molecular formula is C16H17NO5. The summed E-state index contributed by atoms with van der Waals surface area (Å²) >= 11 is 0. The Hall–Kier alpha value is -2.63. The third-order valence-corrected chi connectivity index (χ3v) is 3.09. The fourth-order valence-electron chi connectivity index (χ4n) is 1.95. The van der Waals surface area contributed by atoms with E-state index in [9.17, 15) is 14.4 Å². The normalized spacial score (nSPS) is 17.3. The van der Waals surface area contributed by atoms with Crippen molar-refractivity contribution in [1.82, 2.24) is 5.32 Å². The third-order valence-electron chi connectivity index (χ3n) is 3.09. The highest BCUT2D eigenvalue weighted by molar-refractivity contribution is 5.91. The molecule has 1 fully saturated rings. The first-order valence-corrected chi connectivity index (χ1v) is 6.98. The van der Waals surface area contributed by atoms with Gasteiger partial charge in [0.1, 0.15) is 13.2 Å². The van der Waals surface area contributed by atoms with E-state index in [1.165, 1.54) is 0 Å². The molecule has 6 nitrogen and oxygen atoms in total. The molecule has 1 aliphatic heterocycles. The zero-order valence-corrected chi connectivity index (χ0v) is 12.0. The van der Waals surface area contributed by atoms with Gasteiger partial charge in [-0.05, 0) is 12.0 Å².